The number of carbonyl (C=O) groups is 1. The summed E-state index contributed by atoms with van der Waals surface area (Å²) in [4.78, 5) is 12.4. The van der Waals surface area contributed by atoms with Crippen LogP contribution in [0.5, 0.6) is 0 Å². The van der Waals surface area contributed by atoms with Crippen molar-refractivity contribution in [2.24, 2.45) is 5.41 Å². The highest BCUT2D eigenvalue weighted by molar-refractivity contribution is 5.83. The molecule has 1 aromatic carbocycles. The first kappa shape index (κ1) is 14.5. The molecule has 2 unspecified atom stereocenters. The third kappa shape index (κ3) is 3.17. The Labute approximate surface area is 120 Å². The number of benzene rings is 1. The van der Waals surface area contributed by atoms with Gasteiger partial charge >= 0.3 is 0 Å². The lowest BCUT2D eigenvalue weighted by Crippen LogP contribution is -2.49. The van der Waals surface area contributed by atoms with Gasteiger partial charge in [-0.25, -0.2) is 0 Å². The number of nitriles is 1. The van der Waals surface area contributed by atoms with Gasteiger partial charge < -0.3 is 10.6 Å². The smallest absolute Gasteiger partial charge is 0.227 e. The molecule has 1 amide bonds. The number of nitrogens with zero attached hydrogens (tertiary/aromatic N) is 1. The number of hydrogen-bond donors (Lipinski definition) is 2. The molecule has 2 N–H and O–H groups in total. The lowest BCUT2D eigenvalue weighted by Gasteiger charge is -2.33. The zero-order chi connectivity index (χ0) is 14.6. The number of carbonyl (C=O) groups excluding carboxylic acids is 1. The van der Waals surface area contributed by atoms with Gasteiger partial charge in [-0.2, -0.15) is 5.26 Å². The van der Waals surface area contributed by atoms with Crippen LogP contribution in [-0.2, 0) is 4.79 Å². The van der Waals surface area contributed by atoms with Crippen molar-refractivity contribution >= 4 is 5.91 Å². The van der Waals surface area contributed by atoms with Crippen LogP contribution in [0.4, 0.5) is 0 Å². The Morgan fingerprint density at radius 1 is 1.45 bits per heavy atom. The fraction of sp³-hybridized carbons (Fsp3) is 0.500. The van der Waals surface area contributed by atoms with Crippen LogP contribution in [0.25, 0.3) is 0 Å². The number of piperidine rings is 1. The van der Waals surface area contributed by atoms with Crippen LogP contribution >= 0.6 is 0 Å². The minimum absolute atomic E-state index is 0.0472. The summed E-state index contributed by atoms with van der Waals surface area (Å²) in [6, 6.07) is 9.40. The van der Waals surface area contributed by atoms with E-state index in [4.69, 9.17) is 5.26 Å². The van der Waals surface area contributed by atoms with E-state index in [1.54, 1.807) is 12.1 Å². The van der Waals surface area contributed by atoms with Crippen molar-refractivity contribution < 1.29 is 4.79 Å². The first-order valence-electron chi connectivity index (χ1n) is 7.07. The summed E-state index contributed by atoms with van der Waals surface area (Å²) in [6.07, 6.45) is 1.96. The number of rotatable bonds is 3. The second-order valence-corrected chi connectivity index (χ2v) is 5.77. The zero-order valence-electron chi connectivity index (χ0n) is 12.1. The van der Waals surface area contributed by atoms with Crippen LogP contribution in [0.3, 0.4) is 0 Å². The van der Waals surface area contributed by atoms with E-state index >= 15 is 0 Å². The monoisotopic (exact) mass is 271 g/mol. The maximum absolute atomic E-state index is 12.4. The first-order chi connectivity index (χ1) is 9.55. The molecular weight excluding hydrogens is 250 g/mol. The third-order valence-electron chi connectivity index (χ3n) is 4.03. The first-order valence-corrected chi connectivity index (χ1v) is 7.07. The number of amides is 1. The summed E-state index contributed by atoms with van der Waals surface area (Å²) in [5.41, 5.74) is 1.33. The molecule has 2 atom stereocenters. The van der Waals surface area contributed by atoms with Crippen molar-refractivity contribution in [3.63, 3.8) is 0 Å². The molecule has 0 aliphatic carbocycles. The van der Waals surface area contributed by atoms with Gasteiger partial charge in [0, 0.05) is 6.54 Å². The molecule has 1 heterocycles. The molecule has 4 nitrogen and oxygen atoms in total. The zero-order valence-corrected chi connectivity index (χ0v) is 12.1. The van der Waals surface area contributed by atoms with E-state index in [9.17, 15) is 4.79 Å². The molecule has 2 rings (SSSR count). The molecule has 20 heavy (non-hydrogen) atoms. The highest BCUT2D eigenvalue weighted by atomic mass is 16.2. The van der Waals surface area contributed by atoms with Crippen molar-refractivity contribution in [3.05, 3.63) is 35.4 Å². The minimum atomic E-state index is -0.320. The summed E-state index contributed by atoms with van der Waals surface area (Å²) < 4.78 is 0. The van der Waals surface area contributed by atoms with Gasteiger partial charge in [0.25, 0.3) is 0 Å². The average Bonchev–Trinajstić information content (AvgIpc) is 2.48. The maximum Gasteiger partial charge on any atom is 0.227 e. The highest BCUT2D eigenvalue weighted by Gasteiger charge is 2.35. The fourth-order valence-electron chi connectivity index (χ4n) is 2.55. The molecule has 1 saturated heterocycles. The van der Waals surface area contributed by atoms with Crippen molar-refractivity contribution in [3.8, 4) is 6.07 Å². The van der Waals surface area contributed by atoms with E-state index < -0.39 is 0 Å². The number of hydrogen-bond acceptors (Lipinski definition) is 3. The van der Waals surface area contributed by atoms with Gasteiger partial charge in [-0.05, 0) is 50.9 Å². The Hall–Kier alpha value is -1.86. The second kappa shape index (κ2) is 6.06. The molecular formula is C16H21N3O. The Kier molecular flexibility index (Phi) is 4.41. The van der Waals surface area contributed by atoms with Crippen molar-refractivity contribution in [1.82, 2.24) is 10.6 Å². The standard InChI is InChI=1S/C16H21N3O/c1-12(14-6-4-13(10-17)5-7-14)19-15(20)16(2)8-3-9-18-11-16/h4-7,12,18H,3,8-9,11H2,1-2H3,(H,19,20). The molecule has 0 bridgehead atoms. The van der Waals surface area contributed by atoms with Crippen molar-refractivity contribution in [2.45, 2.75) is 32.7 Å². The Morgan fingerprint density at radius 3 is 2.70 bits per heavy atom. The van der Waals surface area contributed by atoms with Crippen LogP contribution in [0.2, 0.25) is 0 Å². The fourth-order valence-corrected chi connectivity index (χ4v) is 2.55. The topological polar surface area (TPSA) is 64.9 Å². The molecule has 0 radical (unpaired) electrons. The molecule has 1 fully saturated rings. The summed E-state index contributed by atoms with van der Waals surface area (Å²) in [6.45, 7) is 5.71. The maximum atomic E-state index is 12.4. The van der Waals surface area contributed by atoms with Crippen molar-refractivity contribution in [2.75, 3.05) is 13.1 Å². The van der Waals surface area contributed by atoms with Crippen LogP contribution in [0, 0.1) is 16.7 Å². The predicted octanol–water partition coefficient (Wildman–Crippen LogP) is 2.13. The van der Waals surface area contributed by atoms with E-state index in [0.29, 0.717) is 5.56 Å². The van der Waals surface area contributed by atoms with E-state index in [1.165, 1.54) is 0 Å². The van der Waals surface area contributed by atoms with Gasteiger partial charge in [-0.3, -0.25) is 4.79 Å². The molecule has 1 aliphatic rings. The quantitative estimate of drug-likeness (QED) is 0.885. The summed E-state index contributed by atoms with van der Waals surface area (Å²) >= 11 is 0. The van der Waals surface area contributed by atoms with Crippen LogP contribution in [0.15, 0.2) is 24.3 Å². The molecule has 4 heteroatoms. The van der Waals surface area contributed by atoms with Crippen molar-refractivity contribution in [1.29, 1.82) is 5.26 Å². The van der Waals surface area contributed by atoms with Gasteiger partial charge in [-0.15, -0.1) is 0 Å². The lowest BCUT2D eigenvalue weighted by atomic mass is 9.81. The molecule has 0 aromatic heterocycles. The van der Waals surface area contributed by atoms with Gasteiger partial charge in [0.15, 0.2) is 0 Å². The molecule has 1 aliphatic heterocycles. The Morgan fingerprint density at radius 2 is 2.15 bits per heavy atom. The van der Waals surface area contributed by atoms with E-state index in [2.05, 4.69) is 16.7 Å². The largest absolute Gasteiger partial charge is 0.349 e. The van der Waals surface area contributed by atoms with Gasteiger partial charge in [0.1, 0.15) is 0 Å². The molecule has 0 spiro atoms. The summed E-state index contributed by atoms with van der Waals surface area (Å²) in [5.74, 6) is 0.0987. The van der Waals surface area contributed by atoms with Gasteiger partial charge in [0.05, 0.1) is 23.1 Å². The van der Waals surface area contributed by atoms with Crippen LogP contribution < -0.4 is 10.6 Å². The van der Waals surface area contributed by atoms with E-state index in [1.807, 2.05) is 26.0 Å². The Balaban J connectivity index is 2.01. The number of nitrogens with one attached hydrogen (secondary N) is 2. The lowest BCUT2D eigenvalue weighted by molar-refractivity contribution is -0.131. The Bertz CT molecular complexity index is 510. The molecule has 106 valence electrons. The molecule has 0 saturated carbocycles. The molecule has 1 aromatic rings. The van der Waals surface area contributed by atoms with Crippen LogP contribution in [-0.4, -0.2) is 19.0 Å². The summed E-state index contributed by atoms with van der Waals surface area (Å²) in [7, 11) is 0. The van der Waals surface area contributed by atoms with Gasteiger partial charge in [-0.1, -0.05) is 12.1 Å². The predicted molar refractivity (Wildman–Crippen MR) is 77.9 cm³/mol. The second-order valence-electron chi connectivity index (χ2n) is 5.77. The SMILES string of the molecule is CC(NC(=O)C1(C)CCCNC1)c1ccc(C#N)cc1. The summed E-state index contributed by atoms with van der Waals surface area (Å²) in [5, 5.41) is 15.2. The van der Waals surface area contributed by atoms with E-state index in [0.717, 1.165) is 31.5 Å². The van der Waals surface area contributed by atoms with E-state index in [-0.39, 0.29) is 17.4 Å². The third-order valence-corrected chi connectivity index (χ3v) is 4.03. The highest BCUT2D eigenvalue weighted by Crippen LogP contribution is 2.26. The normalized spacial score (nSPS) is 23.6. The van der Waals surface area contributed by atoms with Gasteiger partial charge in [0.2, 0.25) is 5.91 Å². The van der Waals surface area contributed by atoms with Crippen LogP contribution in [0.1, 0.15) is 43.9 Å². The average molecular weight is 271 g/mol. The minimum Gasteiger partial charge on any atom is -0.349 e.